The van der Waals surface area contributed by atoms with Crippen molar-refractivity contribution < 1.29 is 14.7 Å². The van der Waals surface area contributed by atoms with E-state index in [9.17, 15) is 14.7 Å². The Labute approximate surface area is 181 Å². The fourth-order valence-corrected chi connectivity index (χ4v) is 3.53. The van der Waals surface area contributed by atoms with Crippen molar-refractivity contribution in [2.75, 3.05) is 5.75 Å². The lowest BCUT2D eigenvalue weighted by molar-refractivity contribution is -0.142. The van der Waals surface area contributed by atoms with Crippen molar-refractivity contribution in [3.8, 4) is 11.1 Å². The van der Waals surface area contributed by atoms with Crippen molar-refractivity contribution >= 4 is 24.5 Å². The largest absolute Gasteiger partial charge is 0.480 e. The number of amides is 1. The highest BCUT2D eigenvalue weighted by atomic mass is 32.1. The summed E-state index contributed by atoms with van der Waals surface area (Å²) in [7, 11) is 0. The van der Waals surface area contributed by atoms with Crippen molar-refractivity contribution in [3.63, 3.8) is 0 Å². The topological polar surface area (TPSA) is 79.3 Å². The van der Waals surface area contributed by atoms with Crippen LogP contribution in [0.3, 0.4) is 0 Å². The summed E-state index contributed by atoms with van der Waals surface area (Å²) in [6.07, 6.45) is 4.22. The summed E-state index contributed by atoms with van der Waals surface area (Å²) >= 11 is 4.29. The van der Waals surface area contributed by atoms with E-state index in [0.717, 1.165) is 22.3 Å². The van der Waals surface area contributed by atoms with Crippen LogP contribution in [0.1, 0.15) is 11.1 Å². The van der Waals surface area contributed by atoms with Gasteiger partial charge in [-0.05, 0) is 34.7 Å². The second-order valence-electron chi connectivity index (χ2n) is 7.11. The molecular weight excluding hydrogens is 396 g/mol. The molecule has 1 amide bonds. The van der Waals surface area contributed by atoms with E-state index >= 15 is 0 Å². The third kappa shape index (κ3) is 5.94. The lowest BCUT2D eigenvalue weighted by Crippen LogP contribution is -2.45. The van der Waals surface area contributed by atoms with Gasteiger partial charge in [0.25, 0.3) is 0 Å². The van der Waals surface area contributed by atoms with Gasteiger partial charge in [-0.1, -0.05) is 60.7 Å². The number of rotatable bonds is 9. The average molecular weight is 421 g/mol. The second kappa shape index (κ2) is 10.6. The molecule has 0 unspecified atom stereocenters. The smallest absolute Gasteiger partial charge is 0.326 e. The van der Waals surface area contributed by atoms with E-state index in [2.05, 4.69) is 22.9 Å². The zero-order valence-corrected chi connectivity index (χ0v) is 17.3. The third-order valence-electron chi connectivity index (χ3n) is 4.92. The number of hydrogen-bond donors (Lipinski definition) is 3. The molecule has 0 fully saturated rings. The predicted octanol–water partition coefficient (Wildman–Crippen LogP) is 3.65. The molecule has 0 saturated heterocycles. The van der Waals surface area contributed by atoms with Crippen molar-refractivity contribution in [1.29, 1.82) is 0 Å². The predicted molar refractivity (Wildman–Crippen MR) is 120 cm³/mol. The number of nitrogens with zero attached hydrogens (tertiary/aromatic N) is 1. The van der Waals surface area contributed by atoms with Gasteiger partial charge in [-0.3, -0.25) is 9.78 Å². The number of aliphatic carboxylic acids is 1. The van der Waals surface area contributed by atoms with Crippen LogP contribution in [-0.2, 0) is 22.4 Å². The lowest BCUT2D eigenvalue weighted by atomic mass is 9.98. The van der Waals surface area contributed by atoms with Crippen LogP contribution in [0.4, 0.5) is 0 Å². The standard InChI is InChI=1S/C24H24N2O3S/c27-23(21(16-30)13-17-5-2-1-3-6-17)26-22(24(28)29)14-18-8-10-19(11-9-18)20-7-4-12-25-15-20/h1-12,15,21-22,30H,13-14,16H2,(H,26,27)(H,28,29)/t21-,22+/m1/s1. The zero-order valence-electron chi connectivity index (χ0n) is 16.4. The number of nitrogens with one attached hydrogen (secondary N) is 1. The molecule has 0 aliphatic heterocycles. The zero-order chi connectivity index (χ0) is 21.3. The number of carbonyl (C=O) groups excluding carboxylic acids is 1. The lowest BCUT2D eigenvalue weighted by Gasteiger charge is -2.19. The molecule has 0 saturated carbocycles. The molecule has 3 rings (SSSR count). The maximum Gasteiger partial charge on any atom is 0.326 e. The van der Waals surface area contributed by atoms with Gasteiger partial charge in [-0.15, -0.1) is 0 Å². The number of carboxylic acids is 1. The molecule has 0 aliphatic rings. The van der Waals surface area contributed by atoms with Crippen molar-refractivity contribution in [1.82, 2.24) is 10.3 Å². The Bertz CT molecular complexity index is 963. The van der Waals surface area contributed by atoms with Gasteiger partial charge in [-0.25, -0.2) is 4.79 Å². The molecule has 0 aliphatic carbocycles. The molecule has 2 aromatic carbocycles. The maximum absolute atomic E-state index is 12.7. The minimum absolute atomic E-state index is 0.207. The summed E-state index contributed by atoms with van der Waals surface area (Å²) in [6, 6.07) is 20.1. The fraction of sp³-hybridized carbons (Fsp3) is 0.208. The summed E-state index contributed by atoms with van der Waals surface area (Å²) in [4.78, 5) is 28.6. The van der Waals surface area contributed by atoms with Gasteiger partial charge in [0.2, 0.25) is 5.91 Å². The van der Waals surface area contributed by atoms with Gasteiger partial charge in [0.05, 0.1) is 5.92 Å². The van der Waals surface area contributed by atoms with Crippen molar-refractivity contribution in [3.05, 3.63) is 90.3 Å². The van der Waals surface area contributed by atoms with Crippen LogP contribution in [0.2, 0.25) is 0 Å². The highest BCUT2D eigenvalue weighted by molar-refractivity contribution is 7.80. The number of carboxylic acid groups (broad SMARTS) is 1. The number of hydrogen-bond acceptors (Lipinski definition) is 4. The molecule has 0 bridgehead atoms. The molecule has 2 atom stereocenters. The molecule has 2 N–H and O–H groups in total. The molecule has 6 heteroatoms. The molecule has 0 radical (unpaired) electrons. The number of thiol groups is 1. The molecule has 154 valence electrons. The molecule has 30 heavy (non-hydrogen) atoms. The summed E-state index contributed by atoms with van der Waals surface area (Å²) < 4.78 is 0. The number of aromatic nitrogens is 1. The first-order chi connectivity index (χ1) is 14.6. The summed E-state index contributed by atoms with van der Waals surface area (Å²) in [5.74, 6) is -1.41. The molecule has 5 nitrogen and oxygen atoms in total. The second-order valence-corrected chi connectivity index (χ2v) is 7.48. The first-order valence-electron chi connectivity index (χ1n) is 9.74. The summed E-state index contributed by atoms with van der Waals surface area (Å²) in [6.45, 7) is 0. The quantitative estimate of drug-likeness (QED) is 0.462. The van der Waals surface area contributed by atoms with Crippen LogP contribution in [0.5, 0.6) is 0 Å². The highest BCUT2D eigenvalue weighted by Crippen LogP contribution is 2.19. The van der Waals surface area contributed by atoms with Crippen LogP contribution in [-0.4, -0.2) is 33.8 Å². The van der Waals surface area contributed by atoms with Gasteiger partial charge in [0.15, 0.2) is 0 Å². The van der Waals surface area contributed by atoms with E-state index in [-0.39, 0.29) is 12.3 Å². The molecule has 1 aromatic heterocycles. The monoisotopic (exact) mass is 420 g/mol. The summed E-state index contributed by atoms with van der Waals surface area (Å²) in [5, 5.41) is 12.3. The fourth-order valence-electron chi connectivity index (χ4n) is 3.23. The van der Waals surface area contributed by atoms with Crippen LogP contribution >= 0.6 is 12.6 Å². The van der Waals surface area contributed by atoms with Crippen LogP contribution < -0.4 is 5.32 Å². The van der Waals surface area contributed by atoms with Crippen LogP contribution in [0.25, 0.3) is 11.1 Å². The van der Waals surface area contributed by atoms with Gasteiger partial charge in [0.1, 0.15) is 6.04 Å². The summed E-state index contributed by atoms with van der Waals surface area (Å²) in [5.41, 5.74) is 3.84. The number of pyridine rings is 1. The molecule has 1 heterocycles. The first kappa shape index (κ1) is 21.6. The SMILES string of the molecule is O=C(N[C@@H](Cc1ccc(-c2cccnc2)cc1)C(=O)O)[C@@H](CS)Cc1ccccc1. The highest BCUT2D eigenvalue weighted by Gasteiger charge is 2.25. The average Bonchev–Trinajstić information content (AvgIpc) is 2.78. The Morgan fingerprint density at radius 2 is 1.60 bits per heavy atom. The minimum Gasteiger partial charge on any atom is -0.480 e. The van der Waals surface area contributed by atoms with Crippen molar-refractivity contribution in [2.24, 2.45) is 5.92 Å². The van der Waals surface area contributed by atoms with Crippen LogP contribution in [0.15, 0.2) is 79.1 Å². The Morgan fingerprint density at radius 1 is 0.900 bits per heavy atom. The molecule has 0 spiro atoms. The number of benzene rings is 2. The van der Waals surface area contributed by atoms with Crippen molar-refractivity contribution in [2.45, 2.75) is 18.9 Å². The van der Waals surface area contributed by atoms with E-state index in [1.54, 1.807) is 12.4 Å². The van der Waals surface area contributed by atoms with Gasteiger partial charge in [0, 0.05) is 24.6 Å². The van der Waals surface area contributed by atoms with E-state index in [4.69, 9.17) is 0 Å². The number of carbonyl (C=O) groups is 2. The molecular formula is C24H24N2O3S. The van der Waals surface area contributed by atoms with Gasteiger partial charge in [-0.2, -0.15) is 12.6 Å². The van der Waals surface area contributed by atoms with E-state index in [1.807, 2.05) is 66.7 Å². The Morgan fingerprint density at radius 3 is 2.20 bits per heavy atom. The van der Waals surface area contributed by atoms with Crippen LogP contribution in [0, 0.1) is 5.92 Å². The Kier molecular flexibility index (Phi) is 7.63. The van der Waals surface area contributed by atoms with Gasteiger partial charge >= 0.3 is 5.97 Å². The van der Waals surface area contributed by atoms with E-state index < -0.39 is 17.9 Å². The first-order valence-corrected chi connectivity index (χ1v) is 10.4. The molecule has 3 aromatic rings. The Hall–Kier alpha value is -3.12. The minimum atomic E-state index is -1.06. The Balaban J connectivity index is 1.65. The van der Waals surface area contributed by atoms with E-state index in [1.165, 1.54) is 0 Å². The van der Waals surface area contributed by atoms with E-state index in [0.29, 0.717) is 12.2 Å². The third-order valence-corrected chi connectivity index (χ3v) is 5.36. The maximum atomic E-state index is 12.7. The normalized spacial score (nSPS) is 12.7. The van der Waals surface area contributed by atoms with Gasteiger partial charge < -0.3 is 10.4 Å².